The average Bonchev–Trinajstić information content (AvgIpc) is 2.50. The summed E-state index contributed by atoms with van der Waals surface area (Å²) in [6.07, 6.45) is 1.56. The molecule has 2 amide bonds. The molecule has 0 atom stereocenters. The maximum atomic E-state index is 11.6. The van der Waals surface area contributed by atoms with Crippen molar-refractivity contribution in [1.29, 1.82) is 0 Å². The van der Waals surface area contributed by atoms with Crippen LogP contribution in [0.25, 0.3) is 0 Å². The van der Waals surface area contributed by atoms with Crippen molar-refractivity contribution >= 4 is 33.9 Å². The number of benzene rings is 2. The molecule has 2 aromatic rings. The molecule has 0 radical (unpaired) electrons. The first kappa shape index (κ1) is 15.1. The molecule has 21 heavy (non-hydrogen) atoms. The monoisotopic (exact) mass is 347 g/mol. The van der Waals surface area contributed by atoms with Gasteiger partial charge in [0, 0.05) is 10.2 Å². The second kappa shape index (κ2) is 7.44. The van der Waals surface area contributed by atoms with Crippen LogP contribution in [-0.2, 0) is 0 Å². The first-order chi connectivity index (χ1) is 10.2. The molecule has 0 aliphatic rings. The molecular weight excluding hydrogens is 334 g/mol. The van der Waals surface area contributed by atoms with Gasteiger partial charge in [-0.2, -0.15) is 5.10 Å². The van der Waals surface area contributed by atoms with Gasteiger partial charge in [-0.05, 0) is 54.1 Å². The van der Waals surface area contributed by atoms with Gasteiger partial charge in [0.15, 0.2) is 0 Å². The molecule has 0 heterocycles. The van der Waals surface area contributed by atoms with Crippen LogP contribution in [0.3, 0.4) is 0 Å². The quantitative estimate of drug-likeness (QED) is 0.655. The van der Waals surface area contributed by atoms with Gasteiger partial charge >= 0.3 is 6.03 Å². The minimum absolute atomic E-state index is 0.401. The molecule has 6 heteroatoms. The number of ether oxygens (including phenoxy) is 1. The van der Waals surface area contributed by atoms with E-state index >= 15 is 0 Å². The highest BCUT2D eigenvalue weighted by Gasteiger charge is 1.99. The summed E-state index contributed by atoms with van der Waals surface area (Å²) in [5.74, 6) is 0.771. The fourth-order valence-electron chi connectivity index (χ4n) is 1.55. The Morgan fingerprint density at radius 3 is 2.43 bits per heavy atom. The van der Waals surface area contributed by atoms with Crippen molar-refractivity contribution in [3.8, 4) is 5.75 Å². The Morgan fingerprint density at radius 1 is 1.14 bits per heavy atom. The molecule has 0 fully saturated rings. The molecule has 0 spiro atoms. The zero-order valence-electron chi connectivity index (χ0n) is 11.3. The first-order valence-electron chi connectivity index (χ1n) is 6.17. The topological polar surface area (TPSA) is 62.7 Å². The van der Waals surface area contributed by atoms with Crippen LogP contribution in [0.1, 0.15) is 5.56 Å². The second-order valence-corrected chi connectivity index (χ2v) is 5.02. The zero-order chi connectivity index (χ0) is 15.1. The Balaban J connectivity index is 1.85. The first-order valence-corrected chi connectivity index (χ1v) is 6.96. The normalized spacial score (nSPS) is 10.4. The van der Waals surface area contributed by atoms with E-state index in [1.54, 1.807) is 25.5 Å². The van der Waals surface area contributed by atoms with Gasteiger partial charge in [-0.1, -0.05) is 15.9 Å². The van der Waals surface area contributed by atoms with Crippen molar-refractivity contribution in [3.63, 3.8) is 0 Å². The van der Waals surface area contributed by atoms with Crippen LogP contribution in [-0.4, -0.2) is 19.4 Å². The van der Waals surface area contributed by atoms with Crippen molar-refractivity contribution in [1.82, 2.24) is 5.43 Å². The van der Waals surface area contributed by atoms with Crippen molar-refractivity contribution in [2.24, 2.45) is 5.10 Å². The minimum Gasteiger partial charge on any atom is -0.497 e. The van der Waals surface area contributed by atoms with E-state index in [1.165, 1.54) is 0 Å². The standard InChI is InChI=1S/C15H14BrN3O2/c1-21-14-8-2-11(3-9-14)10-17-19-15(20)18-13-6-4-12(16)5-7-13/h2-10H,1H3,(H2,18,19,20)/b17-10+. The van der Waals surface area contributed by atoms with Gasteiger partial charge in [-0.15, -0.1) is 0 Å². The van der Waals surface area contributed by atoms with Crippen LogP contribution in [0.5, 0.6) is 5.75 Å². The minimum atomic E-state index is -0.401. The van der Waals surface area contributed by atoms with E-state index in [0.717, 1.165) is 15.8 Å². The molecule has 2 aromatic carbocycles. The number of halogens is 1. The smallest absolute Gasteiger partial charge is 0.339 e. The lowest BCUT2D eigenvalue weighted by atomic mass is 10.2. The fourth-order valence-corrected chi connectivity index (χ4v) is 1.81. The highest BCUT2D eigenvalue weighted by molar-refractivity contribution is 9.10. The van der Waals surface area contributed by atoms with Crippen molar-refractivity contribution in [2.45, 2.75) is 0 Å². The van der Waals surface area contributed by atoms with Crippen LogP contribution in [0, 0.1) is 0 Å². The average molecular weight is 348 g/mol. The molecule has 0 unspecified atom stereocenters. The van der Waals surface area contributed by atoms with Gasteiger partial charge in [0.1, 0.15) is 5.75 Å². The summed E-state index contributed by atoms with van der Waals surface area (Å²) >= 11 is 3.33. The molecule has 2 rings (SSSR count). The molecule has 0 aliphatic carbocycles. The number of hydrazone groups is 1. The summed E-state index contributed by atoms with van der Waals surface area (Å²) in [4.78, 5) is 11.6. The number of urea groups is 1. The number of nitrogens with zero attached hydrogens (tertiary/aromatic N) is 1. The number of hydrogen-bond donors (Lipinski definition) is 2. The molecular formula is C15H14BrN3O2. The maximum absolute atomic E-state index is 11.6. The summed E-state index contributed by atoms with van der Waals surface area (Å²) in [6, 6.07) is 14.2. The molecule has 108 valence electrons. The van der Waals surface area contributed by atoms with E-state index in [1.807, 2.05) is 36.4 Å². The third-order valence-corrected chi connectivity index (χ3v) is 3.13. The number of amides is 2. The molecule has 0 saturated heterocycles. The lowest BCUT2D eigenvalue weighted by molar-refractivity contribution is 0.252. The summed E-state index contributed by atoms with van der Waals surface area (Å²) in [5.41, 5.74) is 3.95. The van der Waals surface area contributed by atoms with E-state index in [4.69, 9.17) is 4.74 Å². The van der Waals surface area contributed by atoms with Gasteiger partial charge in [0.05, 0.1) is 13.3 Å². The van der Waals surface area contributed by atoms with Crippen LogP contribution in [0.15, 0.2) is 58.1 Å². The van der Waals surface area contributed by atoms with Gasteiger partial charge in [0.25, 0.3) is 0 Å². The Bertz CT molecular complexity index is 624. The van der Waals surface area contributed by atoms with E-state index < -0.39 is 6.03 Å². The number of hydrogen-bond acceptors (Lipinski definition) is 3. The van der Waals surface area contributed by atoms with Crippen LogP contribution in [0.4, 0.5) is 10.5 Å². The highest BCUT2D eigenvalue weighted by atomic mass is 79.9. The van der Waals surface area contributed by atoms with Gasteiger partial charge in [-0.25, -0.2) is 10.2 Å². The van der Waals surface area contributed by atoms with Crippen molar-refractivity contribution in [2.75, 3.05) is 12.4 Å². The van der Waals surface area contributed by atoms with Crippen molar-refractivity contribution < 1.29 is 9.53 Å². The molecule has 2 N–H and O–H groups in total. The van der Waals surface area contributed by atoms with E-state index in [-0.39, 0.29) is 0 Å². The number of carbonyl (C=O) groups excluding carboxylic acids is 1. The summed E-state index contributed by atoms with van der Waals surface area (Å²) in [7, 11) is 1.61. The molecule has 0 aliphatic heterocycles. The number of methoxy groups -OCH3 is 1. The SMILES string of the molecule is COc1ccc(/C=N/NC(=O)Nc2ccc(Br)cc2)cc1. The zero-order valence-corrected chi connectivity index (χ0v) is 12.9. The Morgan fingerprint density at radius 2 is 1.81 bits per heavy atom. The van der Waals surface area contributed by atoms with E-state index in [9.17, 15) is 4.79 Å². The number of anilines is 1. The van der Waals surface area contributed by atoms with Gasteiger partial charge in [-0.3, -0.25) is 0 Å². The Kier molecular flexibility index (Phi) is 5.34. The molecule has 0 saturated carbocycles. The Labute approximate surface area is 131 Å². The number of carbonyl (C=O) groups is 1. The van der Waals surface area contributed by atoms with E-state index in [2.05, 4.69) is 31.8 Å². The summed E-state index contributed by atoms with van der Waals surface area (Å²) < 4.78 is 6.01. The van der Waals surface area contributed by atoms with Gasteiger partial charge in [0.2, 0.25) is 0 Å². The van der Waals surface area contributed by atoms with Crippen molar-refractivity contribution in [3.05, 3.63) is 58.6 Å². The maximum Gasteiger partial charge on any atom is 0.339 e. The largest absolute Gasteiger partial charge is 0.497 e. The van der Waals surface area contributed by atoms with Crippen LogP contribution < -0.4 is 15.5 Å². The lowest BCUT2D eigenvalue weighted by Gasteiger charge is -2.04. The summed E-state index contributed by atoms with van der Waals surface area (Å²) in [6.45, 7) is 0. The highest BCUT2D eigenvalue weighted by Crippen LogP contribution is 2.13. The number of rotatable bonds is 4. The fraction of sp³-hybridized carbons (Fsp3) is 0.0667. The van der Waals surface area contributed by atoms with Crippen LogP contribution in [0.2, 0.25) is 0 Å². The third kappa shape index (κ3) is 4.92. The Hall–Kier alpha value is -2.34. The second-order valence-electron chi connectivity index (χ2n) is 4.10. The summed E-state index contributed by atoms with van der Waals surface area (Å²) in [5, 5.41) is 6.54. The van der Waals surface area contributed by atoms with Gasteiger partial charge < -0.3 is 10.1 Å². The number of nitrogens with one attached hydrogen (secondary N) is 2. The lowest BCUT2D eigenvalue weighted by Crippen LogP contribution is -2.24. The predicted molar refractivity (Wildman–Crippen MR) is 86.9 cm³/mol. The molecule has 0 aromatic heterocycles. The predicted octanol–water partition coefficient (Wildman–Crippen LogP) is 3.61. The molecule has 5 nitrogen and oxygen atoms in total. The van der Waals surface area contributed by atoms with E-state index in [0.29, 0.717) is 5.69 Å². The molecule has 0 bridgehead atoms. The third-order valence-electron chi connectivity index (χ3n) is 2.60. The van der Waals surface area contributed by atoms with Crippen LogP contribution >= 0.6 is 15.9 Å².